The van der Waals surface area contributed by atoms with Crippen LogP contribution in [0.15, 0.2) is 0 Å². The predicted octanol–water partition coefficient (Wildman–Crippen LogP) is 5.96. The lowest BCUT2D eigenvalue weighted by Gasteiger charge is -2.20. The van der Waals surface area contributed by atoms with E-state index in [0.717, 1.165) is 49.9 Å². The molecule has 0 fully saturated rings. The van der Waals surface area contributed by atoms with Gasteiger partial charge in [-0.1, -0.05) is 112 Å². The summed E-state index contributed by atoms with van der Waals surface area (Å²) in [6.45, 7) is 13.4. The van der Waals surface area contributed by atoms with Crippen LogP contribution < -0.4 is 0 Å². The Bertz CT molecular complexity index is 365. The van der Waals surface area contributed by atoms with E-state index in [1.54, 1.807) is 0 Å². The second-order valence-electron chi connectivity index (χ2n) is 10.5. The van der Waals surface area contributed by atoms with Gasteiger partial charge in [0, 0.05) is 6.42 Å². The summed E-state index contributed by atoms with van der Waals surface area (Å²) in [7, 11) is 0. The van der Waals surface area contributed by atoms with Crippen LogP contribution in [0.1, 0.15) is 131 Å². The van der Waals surface area contributed by atoms with Gasteiger partial charge in [0.1, 0.15) is 0 Å². The lowest BCUT2D eigenvalue weighted by molar-refractivity contribution is -0.319. The van der Waals surface area contributed by atoms with Crippen LogP contribution in [0.25, 0.3) is 0 Å². The summed E-state index contributed by atoms with van der Waals surface area (Å²) >= 11 is 0. The molecule has 0 aliphatic rings. The fourth-order valence-corrected chi connectivity index (χ4v) is 3.94. The Kier molecular flexibility index (Phi) is 21.7. The average molecular weight is 449 g/mol. The van der Waals surface area contributed by atoms with Crippen molar-refractivity contribution in [1.82, 2.24) is 0 Å². The first-order valence-corrected chi connectivity index (χ1v) is 12.9. The number of hydrogen-bond donors (Lipinski definition) is 5. The third kappa shape index (κ3) is 29.8. The molecule has 5 N–H and O–H groups in total. The first-order chi connectivity index (χ1) is 14.4. The van der Waals surface area contributed by atoms with Crippen molar-refractivity contribution in [3.63, 3.8) is 0 Å². The maximum Gasteiger partial charge on any atom is 0.275 e. The zero-order valence-electron chi connectivity index (χ0n) is 21.5. The average Bonchev–Trinajstić information content (AvgIpc) is 2.60. The predicted molar refractivity (Wildman–Crippen MR) is 130 cm³/mol. The summed E-state index contributed by atoms with van der Waals surface area (Å²) in [5, 5.41) is 43.6. The van der Waals surface area contributed by atoms with E-state index in [0.29, 0.717) is 6.42 Å². The molecule has 190 valence electrons. The maximum absolute atomic E-state index is 8.97. The van der Waals surface area contributed by atoms with Gasteiger partial charge in [-0.3, -0.25) is 0 Å². The first kappa shape index (κ1) is 33.0. The third-order valence-corrected chi connectivity index (χ3v) is 5.95. The Balaban J connectivity index is 0. The van der Waals surface area contributed by atoms with Crippen molar-refractivity contribution in [3.8, 4) is 0 Å². The van der Waals surface area contributed by atoms with Gasteiger partial charge in [-0.25, -0.2) is 0 Å². The molecule has 0 aromatic carbocycles. The SMILES string of the molecule is CC(C)CCCC(C)CCCC(C)CCCC(C)CC(O)(O)O.CCCCCC(O)O. The summed E-state index contributed by atoms with van der Waals surface area (Å²) in [4.78, 5) is 0. The highest BCUT2D eigenvalue weighted by atomic mass is 16.7. The van der Waals surface area contributed by atoms with Gasteiger partial charge in [0.15, 0.2) is 6.29 Å². The van der Waals surface area contributed by atoms with Crippen molar-refractivity contribution in [2.75, 3.05) is 0 Å². The lowest BCUT2D eigenvalue weighted by atomic mass is 9.90. The molecule has 0 aromatic heterocycles. The molecular weight excluding hydrogens is 392 g/mol. The molecule has 0 saturated carbocycles. The second kappa shape index (κ2) is 20.4. The molecule has 5 nitrogen and oxygen atoms in total. The minimum absolute atomic E-state index is 0.0370. The largest absolute Gasteiger partial charge is 0.368 e. The highest BCUT2D eigenvalue weighted by molar-refractivity contribution is 4.62. The topological polar surface area (TPSA) is 101 Å². The molecule has 31 heavy (non-hydrogen) atoms. The first-order valence-electron chi connectivity index (χ1n) is 12.9. The summed E-state index contributed by atoms with van der Waals surface area (Å²) in [5.41, 5.74) is 0. The Hall–Kier alpha value is -0.200. The van der Waals surface area contributed by atoms with Crippen LogP contribution in [0.4, 0.5) is 0 Å². The van der Waals surface area contributed by atoms with E-state index in [-0.39, 0.29) is 12.3 Å². The van der Waals surface area contributed by atoms with E-state index in [2.05, 4.69) is 34.6 Å². The van der Waals surface area contributed by atoms with Crippen molar-refractivity contribution < 1.29 is 25.5 Å². The molecule has 3 unspecified atom stereocenters. The van der Waals surface area contributed by atoms with Crippen LogP contribution >= 0.6 is 0 Å². The molecule has 5 heteroatoms. The summed E-state index contributed by atoms with van der Waals surface area (Å²) < 4.78 is 0. The van der Waals surface area contributed by atoms with E-state index in [9.17, 15) is 0 Å². The smallest absolute Gasteiger partial charge is 0.275 e. The van der Waals surface area contributed by atoms with Crippen molar-refractivity contribution in [1.29, 1.82) is 0 Å². The lowest BCUT2D eigenvalue weighted by Crippen LogP contribution is -2.29. The van der Waals surface area contributed by atoms with Crippen LogP contribution in [-0.4, -0.2) is 37.8 Å². The molecule has 0 spiro atoms. The van der Waals surface area contributed by atoms with Gasteiger partial charge in [0.2, 0.25) is 0 Å². The van der Waals surface area contributed by atoms with Crippen LogP contribution in [-0.2, 0) is 0 Å². The quantitative estimate of drug-likeness (QED) is 0.131. The van der Waals surface area contributed by atoms with Crippen molar-refractivity contribution in [2.24, 2.45) is 23.7 Å². The Morgan fingerprint density at radius 3 is 1.32 bits per heavy atom. The Morgan fingerprint density at radius 2 is 0.968 bits per heavy atom. The van der Waals surface area contributed by atoms with Crippen LogP contribution in [0, 0.1) is 23.7 Å². The molecule has 0 radical (unpaired) electrons. The van der Waals surface area contributed by atoms with Gasteiger partial charge in [-0.2, -0.15) is 0 Å². The van der Waals surface area contributed by atoms with Gasteiger partial charge in [-0.05, 0) is 36.5 Å². The van der Waals surface area contributed by atoms with Gasteiger partial charge in [-0.15, -0.1) is 0 Å². The van der Waals surface area contributed by atoms with E-state index in [1.807, 2.05) is 6.92 Å². The van der Waals surface area contributed by atoms with E-state index in [4.69, 9.17) is 25.5 Å². The fourth-order valence-electron chi connectivity index (χ4n) is 3.94. The molecule has 0 aliphatic heterocycles. The van der Waals surface area contributed by atoms with E-state index >= 15 is 0 Å². The van der Waals surface area contributed by atoms with E-state index < -0.39 is 12.3 Å². The third-order valence-electron chi connectivity index (χ3n) is 5.95. The monoisotopic (exact) mass is 448 g/mol. The summed E-state index contributed by atoms with van der Waals surface area (Å²) in [5.74, 6) is 0.0666. The van der Waals surface area contributed by atoms with Crippen LogP contribution in [0.2, 0.25) is 0 Å². The molecule has 0 rings (SSSR count). The summed E-state index contributed by atoms with van der Waals surface area (Å²) in [6.07, 6.45) is 13.9. The normalized spacial score (nSPS) is 15.0. The van der Waals surface area contributed by atoms with Crippen molar-refractivity contribution in [3.05, 3.63) is 0 Å². The number of unbranched alkanes of at least 4 members (excludes halogenated alkanes) is 2. The summed E-state index contributed by atoms with van der Waals surface area (Å²) in [6, 6.07) is 0. The van der Waals surface area contributed by atoms with Gasteiger partial charge in [0.05, 0.1) is 0 Å². The molecule has 0 aliphatic carbocycles. The fraction of sp³-hybridized carbons (Fsp3) is 1.00. The molecule has 0 aromatic rings. The Morgan fingerprint density at radius 1 is 0.548 bits per heavy atom. The van der Waals surface area contributed by atoms with Crippen molar-refractivity contribution in [2.45, 2.75) is 144 Å². The minimum Gasteiger partial charge on any atom is -0.368 e. The molecule has 0 bridgehead atoms. The highest BCUT2D eigenvalue weighted by Gasteiger charge is 2.21. The van der Waals surface area contributed by atoms with Gasteiger partial charge in [0.25, 0.3) is 5.97 Å². The molecule has 3 atom stereocenters. The molecule has 0 amide bonds. The van der Waals surface area contributed by atoms with Crippen LogP contribution in [0.3, 0.4) is 0 Å². The number of rotatable bonds is 18. The Labute approximate surface area is 193 Å². The molecule has 0 heterocycles. The van der Waals surface area contributed by atoms with Crippen molar-refractivity contribution >= 4 is 0 Å². The highest BCUT2D eigenvalue weighted by Crippen LogP contribution is 2.23. The zero-order chi connectivity index (χ0) is 24.3. The number of hydrogen-bond acceptors (Lipinski definition) is 5. The maximum atomic E-state index is 8.97. The minimum atomic E-state index is -2.50. The van der Waals surface area contributed by atoms with Gasteiger partial charge < -0.3 is 25.5 Å². The van der Waals surface area contributed by atoms with Crippen LogP contribution in [0.5, 0.6) is 0 Å². The number of aliphatic hydroxyl groups is 5. The second-order valence-corrected chi connectivity index (χ2v) is 10.5. The standard InChI is InChI=1S/C20H42O3.C6H14O2/c1-16(2)9-6-10-17(3)11-7-12-18(4)13-8-14-19(5)15-20(21,22)23;1-2-3-4-5-6(7)8/h16-19,21-23H,6-15H2,1-5H3;6-8H,2-5H2,1H3. The zero-order valence-corrected chi connectivity index (χ0v) is 21.5. The van der Waals surface area contributed by atoms with E-state index in [1.165, 1.54) is 44.9 Å². The molecule has 0 saturated heterocycles. The molecular formula is C26H56O5. The number of aliphatic hydroxyl groups excluding tert-OH is 1. The van der Waals surface area contributed by atoms with Gasteiger partial charge >= 0.3 is 0 Å².